The molecule has 0 unspecified atom stereocenters. The summed E-state index contributed by atoms with van der Waals surface area (Å²) in [6.07, 6.45) is 3.51. The number of carboxylic acid groups (broad SMARTS) is 1. The van der Waals surface area contributed by atoms with E-state index in [0.717, 1.165) is 31.0 Å². The fourth-order valence-corrected chi connectivity index (χ4v) is 1.64. The van der Waals surface area contributed by atoms with E-state index in [9.17, 15) is 9.59 Å². The van der Waals surface area contributed by atoms with Crippen molar-refractivity contribution in [2.75, 3.05) is 5.75 Å². The van der Waals surface area contributed by atoms with Gasteiger partial charge >= 0.3 is 5.97 Å². The van der Waals surface area contributed by atoms with Gasteiger partial charge in [0, 0.05) is 12.2 Å². The molecule has 0 aromatic heterocycles. The van der Waals surface area contributed by atoms with Gasteiger partial charge in [-0.2, -0.15) is 0 Å². The minimum absolute atomic E-state index is 0.0372. The van der Waals surface area contributed by atoms with Crippen LogP contribution in [0, 0.1) is 0 Å². The molecule has 3 N–H and O–H groups in total. The van der Waals surface area contributed by atoms with Crippen LogP contribution in [0.5, 0.6) is 0 Å². The Kier molecular flexibility index (Phi) is 7.51. The van der Waals surface area contributed by atoms with Gasteiger partial charge in [-0.3, -0.25) is 9.59 Å². The molecule has 0 fully saturated rings. The first-order valence-electron chi connectivity index (χ1n) is 4.72. The standard InChI is InChI=1S/C9H17NO3S/c1-2-3-4-5-8(11)14-6-7(10)9(12)13/h7H,2-6,10H2,1H3,(H,12,13)/t7-/m0/s1. The number of carbonyl (C=O) groups is 2. The van der Waals surface area contributed by atoms with Crippen molar-refractivity contribution in [2.24, 2.45) is 5.73 Å². The predicted octanol–water partition coefficient (Wildman–Crippen LogP) is 1.24. The number of thioether (sulfide) groups is 1. The topological polar surface area (TPSA) is 80.4 Å². The van der Waals surface area contributed by atoms with Crippen LogP contribution in [0.3, 0.4) is 0 Å². The van der Waals surface area contributed by atoms with Gasteiger partial charge in [-0.1, -0.05) is 31.5 Å². The molecule has 82 valence electrons. The minimum atomic E-state index is -1.06. The highest BCUT2D eigenvalue weighted by Gasteiger charge is 2.13. The smallest absolute Gasteiger partial charge is 0.321 e. The summed E-state index contributed by atoms with van der Waals surface area (Å²) < 4.78 is 0. The summed E-state index contributed by atoms with van der Waals surface area (Å²) in [4.78, 5) is 21.5. The Morgan fingerprint density at radius 3 is 2.57 bits per heavy atom. The van der Waals surface area contributed by atoms with Gasteiger partial charge in [0.15, 0.2) is 5.12 Å². The lowest BCUT2D eigenvalue weighted by molar-refractivity contribution is -0.137. The first kappa shape index (κ1) is 13.4. The molecule has 4 nitrogen and oxygen atoms in total. The first-order chi connectivity index (χ1) is 6.57. The van der Waals surface area contributed by atoms with E-state index in [1.807, 2.05) is 0 Å². The number of carboxylic acids is 1. The van der Waals surface area contributed by atoms with Gasteiger partial charge in [0.25, 0.3) is 0 Å². The average Bonchev–Trinajstić information content (AvgIpc) is 2.14. The van der Waals surface area contributed by atoms with E-state index in [1.54, 1.807) is 0 Å². The van der Waals surface area contributed by atoms with Gasteiger partial charge in [0.05, 0.1) is 0 Å². The van der Waals surface area contributed by atoms with Crippen LogP contribution in [0.25, 0.3) is 0 Å². The Hall–Kier alpha value is -0.550. The summed E-state index contributed by atoms with van der Waals surface area (Å²) in [5.74, 6) is -0.890. The Labute approximate surface area is 88.2 Å². The van der Waals surface area contributed by atoms with Crippen molar-refractivity contribution in [2.45, 2.75) is 38.6 Å². The van der Waals surface area contributed by atoms with Gasteiger partial charge in [0.2, 0.25) is 0 Å². The molecule has 0 aliphatic heterocycles. The van der Waals surface area contributed by atoms with Gasteiger partial charge in [-0.15, -0.1) is 0 Å². The maximum absolute atomic E-state index is 11.2. The molecule has 0 amide bonds. The van der Waals surface area contributed by atoms with Crippen LogP contribution in [0.4, 0.5) is 0 Å². The third kappa shape index (κ3) is 6.91. The van der Waals surface area contributed by atoms with Gasteiger partial charge in [-0.25, -0.2) is 0 Å². The number of carbonyl (C=O) groups excluding carboxylic acids is 1. The molecule has 14 heavy (non-hydrogen) atoms. The number of aliphatic carboxylic acids is 1. The van der Waals surface area contributed by atoms with E-state index in [4.69, 9.17) is 10.8 Å². The maximum atomic E-state index is 11.2. The van der Waals surface area contributed by atoms with Gasteiger partial charge in [0.1, 0.15) is 6.04 Å². The van der Waals surface area contributed by atoms with Crippen molar-refractivity contribution >= 4 is 22.8 Å². The van der Waals surface area contributed by atoms with Crippen LogP contribution in [0.15, 0.2) is 0 Å². The molecule has 0 heterocycles. The third-order valence-corrected chi connectivity index (χ3v) is 2.78. The molecule has 0 saturated heterocycles. The molecule has 1 atom stereocenters. The molecule has 0 radical (unpaired) electrons. The van der Waals surface area contributed by atoms with Crippen LogP contribution in [-0.2, 0) is 9.59 Å². The Morgan fingerprint density at radius 2 is 2.07 bits per heavy atom. The molecule has 0 spiro atoms. The van der Waals surface area contributed by atoms with E-state index in [2.05, 4.69) is 6.92 Å². The third-order valence-electron chi connectivity index (χ3n) is 1.73. The summed E-state index contributed by atoms with van der Waals surface area (Å²) in [7, 11) is 0. The zero-order chi connectivity index (χ0) is 11.0. The molecule has 5 heteroatoms. The number of unbranched alkanes of at least 4 members (excludes halogenated alkanes) is 2. The summed E-state index contributed by atoms with van der Waals surface area (Å²) in [5.41, 5.74) is 5.25. The van der Waals surface area contributed by atoms with Crippen LogP contribution >= 0.6 is 11.8 Å². The molecular weight excluding hydrogens is 202 g/mol. The van der Waals surface area contributed by atoms with Crippen molar-refractivity contribution in [3.8, 4) is 0 Å². The highest BCUT2D eigenvalue weighted by molar-refractivity contribution is 8.13. The van der Waals surface area contributed by atoms with E-state index >= 15 is 0 Å². The molecule has 0 rings (SSSR count). The molecular formula is C9H17NO3S. The van der Waals surface area contributed by atoms with E-state index in [-0.39, 0.29) is 10.9 Å². The quantitative estimate of drug-likeness (QED) is 0.630. The van der Waals surface area contributed by atoms with Crippen LogP contribution in [-0.4, -0.2) is 28.0 Å². The largest absolute Gasteiger partial charge is 0.480 e. The highest BCUT2D eigenvalue weighted by Crippen LogP contribution is 2.10. The zero-order valence-corrected chi connectivity index (χ0v) is 9.18. The molecule has 0 saturated carbocycles. The van der Waals surface area contributed by atoms with E-state index in [1.165, 1.54) is 0 Å². The van der Waals surface area contributed by atoms with Crippen molar-refractivity contribution in [3.63, 3.8) is 0 Å². The summed E-state index contributed by atoms with van der Waals surface area (Å²) in [6, 6.07) is -0.935. The first-order valence-corrected chi connectivity index (χ1v) is 5.70. The minimum Gasteiger partial charge on any atom is -0.480 e. The fraction of sp³-hybridized carbons (Fsp3) is 0.778. The Morgan fingerprint density at radius 1 is 1.43 bits per heavy atom. The predicted molar refractivity (Wildman–Crippen MR) is 57.2 cm³/mol. The van der Waals surface area contributed by atoms with Gasteiger partial charge < -0.3 is 10.8 Å². The van der Waals surface area contributed by atoms with Crippen LogP contribution in [0.1, 0.15) is 32.6 Å². The van der Waals surface area contributed by atoms with Gasteiger partial charge in [-0.05, 0) is 6.42 Å². The SMILES string of the molecule is CCCCCC(=O)SC[C@H](N)C(=O)O. The molecule has 0 aromatic rings. The second-order valence-electron chi connectivity index (χ2n) is 3.08. The number of hydrogen-bond donors (Lipinski definition) is 2. The number of hydrogen-bond acceptors (Lipinski definition) is 4. The fourth-order valence-electron chi connectivity index (χ4n) is 0.846. The van der Waals surface area contributed by atoms with E-state index < -0.39 is 12.0 Å². The zero-order valence-electron chi connectivity index (χ0n) is 8.36. The maximum Gasteiger partial charge on any atom is 0.321 e. The molecule has 0 aliphatic carbocycles. The number of nitrogens with two attached hydrogens (primary N) is 1. The van der Waals surface area contributed by atoms with Crippen LogP contribution in [0.2, 0.25) is 0 Å². The Balaban J connectivity index is 3.48. The lowest BCUT2D eigenvalue weighted by Crippen LogP contribution is -2.32. The van der Waals surface area contributed by atoms with Crippen molar-refractivity contribution in [3.05, 3.63) is 0 Å². The molecule has 0 bridgehead atoms. The lowest BCUT2D eigenvalue weighted by Gasteiger charge is -2.04. The van der Waals surface area contributed by atoms with Crippen molar-refractivity contribution < 1.29 is 14.7 Å². The summed E-state index contributed by atoms with van der Waals surface area (Å²) >= 11 is 1.02. The summed E-state index contributed by atoms with van der Waals surface area (Å²) in [5, 5.41) is 8.50. The highest BCUT2D eigenvalue weighted by atomic mass is 32.2. The molecule has 0 aromatic carbocycles. The average molecular weight is 219 g/mol. The van der Waals surface area contributed by atoms with E-state index in [0.29, 0.717) is 6.42 Å². The molecule has 0 aliphatic rings. The lowest BCUT2D eigenvalue weighted by atomic mass is 10.2. The van der Waals surface area contributed by atoms with Crippen LogP contribution < -0.4 is 5.73 Å². The second-order valence-corrected chi connectivity index (χ2v) is 4.16. The normalized spacial score (nSPS) is 12.4. The Bertz CT molecular complexity index is 196. The van der Waals surface area contributed by atoms with Crippen molar-refractivity contribution in [1.29, 1.82) is 0 Å². The number of rotatable bonds is 7. The summed E-state index contributed by atoms with van der Waals surface area (Å²) in [6.45, 7) is 2.07. The monoisotopic (exact) mass is 219 g/mol. The second kappa shape index (κ2) is 7.82. The van der Waals surface area contributed by atoms with Crippen molar-refractivity contribution in [1.82, 2.24) is 0 Å².